The molecule has 0 N–H and O–H groups in total. The molecule has 0 aromatic carbocycles. The summed E-state index contributed by atoms with van der Waals surface area (Å²) < 4.78 is 0. The summed E-state index contributed by atoms with van der Waals surface area (Å²) >= 11 is 0. The lowest BCUT2D eigenvalue weighted by molar-refractivity contribution is 0.256. The number of hydrogen-bond donors (Lipinski definition) is 0. The molecule has 13 heavy (non-hydrogen) atoms. The van der Waals surface area contributed by atoms with Gasteiger partial charge in [-0.15, -0.1) is 0 Å². The fourth-order valence-electron chi connectivity index (χ4n) is 1.93. The van der Waals surface area contributed by atoms with E-state index in [1.54, 1.807) is 0 Å². The van der Waals surface area contributed by atoms with E-state index in [1.165, 1.54) is 38.5 Å². The van der Waals surface area contributed by atoms with Gasteiger partial charge >= 0.3 is 0 Å². The second kappa shape index (κ2) is 6.45. The van der Waals surface area contributed by atoms with E-state index in [-0.39, 0.29) is 0 Å². The maximum Gasteiger partial charge on any atom is -0.0354 e. The van der Waals surface area contributed by atoms with Crippen LogP contribution >= 0.6 is 0 Å². The van der Waals surface area contributed by atoms with Crippen LogP contribution in [-0.4, -0.2) is 0 Å². The van der Waals surface area contributed by atoms with Crippen LogP contribution in [0.3, 0.4) is 0 Å². The zero-order chi connectivity index (χ0) is 10.3. The molecule has 1 atom stereocenters. The molecule has 0 amide bonds. The molecule has 0 aliphatic carbocycles. The highest BCUT2D eigenvalue weighted by Gasteiger charge is 2.18. The summed E-state index contributed by atoms with van der Waals surface area (Å²) in [6.45, 7) is 11.8. The van der Waals surface area contributed by atoms with Crippen molar-refractivity contribution >= 4 is 0 Å². The Kier molecular flexibility index (Phi) is 6.45. The first kappa shape index (κ1) is 13.0. The molecule has 0 aromatic rings. The van der Waals surface area contributed by atoms with E-state index in [2.05, 4.69) is 34.6 Å². The molecular formula is C13H28. The summed E-state index contributed by atoms with van der Waals surface area (Å²) in [4.78, 5) is 0. The highest BCUT2D eigenvalue weighted by Crippen LogP contribution is 2.30. The lowest BCUT2D eigenvalue weighted by Gasteiger charge is -2.26. The largest absolute Gasteiger partial charge is 0.0654 e. The molecule has 0 saturated carbocycles. The Morgan fingerprint density at radius 3 is 2.15 bits per heavy atom. The Balaban J connectivity index is 3.55. The SMILES string of the molecule is CCCCCC(C)CC(C)(C)CC. The van der Waals surface area contributed by atoms with Gasteiger partial charge in [0.15, 0.2) is 0 Å². The third-order valence-corrected chi connectivity index (χ3v) is 3.16. The maximum atomic E-state index is 2.41. The molecule has 80 valence electrons. The van der Waals surface area contributed by atoms with Crippen LogP contribution in [0.15, 0.2) is 0 Å². The average Bonchev–Trinajstić information content (AvgIpc) is 2.04. The van der Waals surface area contributed by atoms with Crippen molar-refractivity contribution in [3.05, 3.63) is 0 Å². The van der Waals surface area contributed by atoms with Gasteiger partial charge in [-0.05, 0) is 17.8 Å². The summed E-state index contributed by atoms with van der Waals surface area (Å²) in [5.74, 6) is 0.918. The van der Waals surface area contributed by atoms with Gasteiger partial charge in [-0.1, -0.05) is 66.7 Å². The molecule has 0 fully saturated rings. The van der Waals surface area contributed by atoms with E-state index in [9.17, 15) is 0 Å². The third-order valence-electron chi connectivity index (χ3n) is 3.16. The van der Waals surface area contributed by atoms with Gasteiger partial charge in [0.25, 0.3) is 0 Å². The fourth-order valence-corrected chi connectivity index (χ4v) is 1.93. The van der Waals surface area contributed by atoms with Gasteiger partial charge in [-0.25, -0.2) is 0 Å². The van der Waals surface area contributed by atoms with Crippen molar-refractivity contribution in [3.63, 3.8) is 0 Å². The van der Waals surface area contributed by atoms with Gasteiger partial charge in [0.05, 0.1) is 0 Å². The van der Waals surface area contributed by atoms with Crippen molar-refractivity contribution in [1.29, 1.82) is 0 Å². The van der Waals surface area contributed by atoms with Gasteiger partial charge in [0, 0.05) is 0 Å². The highest BCUT2D eigenvalue weighted by atomic mass is 14.2. The molecule has 0 nitrogen and oxygen atoms in total. The summed E-state index contributed by atoms with van der Waals surface area (Å²) in [6.07, 6.45) is 8.33. The quantitative estimate of drug-likeness (QED) is 0.487. The molecular weight excluding hydrogens is 156 g/mol. The van der Waals surface area contributed by atoms with Crippen molar-refractivity contribution in [3.8, 4) is 0 Å². The summed E-state index contributed by atoms with van der Waals surface area (Å²) in [7, 11) is 0. The van der Waals surface area contributed by atoms with Crippen molar-refractivity contribution < 1.29 is 0 Å². The van der Waals surface area contributed by atoms with Gasteiger partial charge in [-0.2, -0.15) is 0 Å². The van der Waals surface area contributed by atoms with E-state index in [0.29, 0.717) is 5.41 Å². The first-order valence-corrected chi connectivity index (χ1v) is 6.02. The Labute approximate surface area is 85.1 Å². The molecule has 0 heterocycles. The van der Waals surface area contributed by atoms with Gasteiger partial charge in [0.1, 0.15) is 0 Å². The minimum Gasteiger partial charge on any atom is -0.0654 e. The lowest BCUT2D eigenvalue weighted by atomic mass is 9.80. The molecule has 0 aliphatic rings. The Hall–Kier alpha value is 0. The molecule has 0 aromatic heterocycles. The third kappa shape index (κ3) is 7.10. The summed E-state index contributed by atoms with van der Waals surface area (Å²) in [6, 6.07) is 0. The predicted octanol–water partition coefficient (Wildman–Crippen LogP) is 5.03. The zero-order valence-corrected chi connectivity index (χ0v) is 10.3. The highest BCUT2D eigenvalue weighted by molar-refractivity contribution is 4.69. The second-order valence-corrected chi connectivity index (χ2v) is 5.32. The molecule has 0 aliphatic heterocycles. The molecule has 0 bridgehead atoms. The Bertz CT molecular complexity index is 113. The minimum atomic E-state index is 0.561. The van der Waals surface area contributed by atoms with Crippen LogP contribution in [0.25, 0.3) is 0 Å². The van der Waals surface area contributed by atoms with Crippen molar-refractivity contribution in [2.24, 2.45) is 11.3 Å². The first-order chi connectivity index (χ1) is 6.02. The summed E-state index contributed by atoms with van der Waals surface area (Å²) in [5.41, 5.74) is 0.561. The van der Waals surface area contributed by atoms with Crippen LogP contribution in [0, 0.1) is 11.3 Å². The normalized spacial score (nSPS) is 14.5. The van der Waals surface area contributed by atoms with Crippen molar-refractivity contribution in [2.45, 2.75) is 73.1 Å². The number of hydrogen-bond acceptors (Lipinski definition) is 0. The topological polar surface area (TPSA) is 0 Å². The van der Waals surface area contributed by atoms with Gasteiger partial charge in [-0.3, -0.25) is 0 Å². The average molecular weight is 184 g/mol. The smallest absolute Gasteiger partial charge is 0.0354 e. The minimum absolute atomic E-state index is 0.561. The van der Waals surface area contributed by atoms with E-state index < -0.39 is 0 Å². The van der Waals surface area contributed by atoms with Crippen LogP contribution in [0.4, 0.5) is 0 Å². The Morgan fingerprint density at radius 1 is 1.08 bits per heavy atom. The maximum absolute atomic E-state index is 2.41. The molecule has 0 heteroatoms. The van der Waals surface area contributed by atoms with Gasteiger partial charge in [0.2, 0.25) is 0 Å². The molecule has 1 unspecified atom stereocenters. The van der Waals surface area contributed by atoms with E-state index >= 15 is 0 Å². The summed E-state index contributed by atoms with van der Waals surface area (Å²) in [5, 5.41) is 0. The van der Waals surface area contributed by atoms with E-state index in [4.69, 9.17) is 0 Å². The standard InChI is InChI=1S/C13H28/c1-6-8-9-10-12(3)11-13(4,5)7-2/h12H,6-11H2,1-5H3. The fraction of sp³-hybridized carbons (Fsp3) is 1.00. The molecule has 0 spiro atoms. The van der Waals surface area contributed by atoms with Crippen LogP contribution in [-0.2, 0) is 0 Å². The van der Waals surface area contributed by atoms with Crippen LogP contribution in [0.2, 0.25) is 0 Å². The van der Waals surface area contributed by atoms with E-state index in [1.807, 2.05) is 0 Å². The lowest BCUT2D eigenvalue weighted by Crippen LogP contribution is -2.14. The van der Waals surface area contributed by atoms with Crippen LogP contribution in [0.1, 0.15) is 73.1 Å². The molecule has 0 saturated heterocycles. The van der Waals surface area contributed by atoms with Crippen molar-refractivity contribution in [2.75, 3.05) is 0 Å². The number of unbranched alkanes of at least 4 members (excludes halogenated alkanes) is 2. The Morgan fingerprint density at radius 2 is 1.69 bits per heavy atom. The monoisotopic (exact) mass is 184 g/mol. The van der Waals surface area contributed by atoms with Crippen molar-refractivity contribution in [1.82, 2.24) is 0 Å². The van der Waals surface area contributed by atoms with Crippen LogP contribution in [0.5, 0.6) is 0 Å². The molecule has 0 radical (unpaired) electrons. The second-order valence-electron chi connectivity index (χ2n) is 5.32. The molecule has 0 rings (SSSR count). The van der Waals surface area contributed by atoms with Gasteiger partial charge < -0.3 is 0 Å². The van der Waals surface area contributed by atoms with E-state index in [0.717, 1.165) is 5.92 Å². The van der Waals surface area contributed by atoms with Crippen LogP contribution < -0.4 is 0 Å². The predicted molar refractivity (Wildman–Crippen MR) is 62.0 cm³/mol. The number of rotatable bonds is 7. The zero-order valence-electron chi connectivity index (χ0n) is 10.3. The first-order valence-electron chi connectivity index (χ1n) is 6.02.